The lowest BCUT2D eigenvalue weighted by atomic mass is 9.74. The summed E-state index contributed by atoms with van der Waals surface area (Å²) in [5.41, 5.74) is 5.90. The summed E-state index contributed by atoms with van der Waals surface area (Å²) in [5, 5.41) is 3.19. The van der Waals surface area contributed by atoms with Crippen LogP contribution in [0.5, 0.6) is 11.5 Å². The van der Waals surface area contributed by atoms with Crippen molar-refractivity contribution >= 4 is 17.9 Å². The third-order valence-electron chi connectivity index (χ3n) is 5.33. The van der Waals surface area contributed by atoms with Gasteiger partial charge in [-0.05, 0) is 54.4 Å². The number of carbonyl (C=O) groups excluding carboxylic acids is 2. The molecule has 0 bridgehead atoms. The Bertz CT molecular complexity index is 714. The normalized spacial score (nSPS) is 22.2. The topological polar surface area (TPSA) is 90.7 Å². The Morgan fingerprint density at radius 1 is 1.29 bits per heavy atom. The second-order valence-corrected chi connectivity index (χ2v) is 7.94. The molecule has 3 N–H and O–H groups in total. The van der Waals surface area contributed by atoms with Crippen molar-refractivity contribution in [1.29, 1.82) is 0 Å². The molecule has 28 heavy (non-hydrogen) atoms. The molecule has 2 amide bonds. The maximum atomic E-state index is 12.5. The number of primary amides is 1. The van der Waals surface area contributed by atoms with Crippen molar-refractivity contribution in [2.45, 2.75) is 46.1 Å². The van der Waals surface area contributed by atoms with Crippen LogP contribution < -0.4 is 20.5 Å². The van der Waals surface area contributed by atoms with Crippen molar-refractivity contribution in [2.24, 2.45) is 23.5 Å². The van der Waals surface area contributed by atoms with Crippen molar-refractivity contribution in [3.8, 4) is 11.5 Å². The monoisotopic (exact) mass is 388 g/mol. The Hall–Kier alpha value is -2.50. The summed E-state index contributed by atoms with van der Waals surface area (Å²) in [4.78, 5) is 23.3. The van der Waals surface area contributed by atoms with Gasteiger partial charge in [0.05, 0.1) is 7.11 Å². The zero-order valence-electron chi connectivity index (χ0n) is 17.2. The predicted molar refractivity (Wildman–Crippen MR) is 110 cm³/mol. The van der Waals surface area contributed by atoms with Gasteiger partial charge in [0.25, 0.3) is 5.91 Å². The maximum Gasteiger partial charge on any atom is 0.255 e. The van der Waals surface area contributed by atoms with Crippen LogP contribution in [0.3, 0.4) is 0 Å². The Morgan fingerprint density at radius 2 is 2.04 bits per heavy atom. The Kier molecular flexibility index (Phi) is 7.91. The molecule has 1 aromatic carbocycles. The van der Waals surface area contributed by atoms with E-state index in [0.717, 1.165) is 18.4 Å². The van der Waals surface area contributed by atoms with Crippen LogP contribution in [0.15, 0.2) is 24.3 Å². The van der Waals surface area contributed by atoms with Gasteiger partial charge in [0.2, 0.25) is 5.91 Å². The lowest BCUT2D eigenvalue weighted by molar-refractivity contribution is -0.120. The third-order valence-corrected chi connectivity index (χ3v) is 5.33. The highest BCUT2D eigenvalue weighted by atomic mass is 16.5. The number of hydrogen-bond donors (Lipinski definition) is 2. The first-order valence-electron chi connectivity index (χ1n) is 9.87. The van der Waals surface area contributed by atoms with Crippen LogP contribution in [0.4, 0.5) is 0 Å². The van der Waals surface area contributed by atoms with E-state index in [1.807, 2.05) is 0 Å². The van der Waals surface area contributed by atoms with Gasteiger partial charge in [-0.1, -0.05) is 33.3 Å². The minimum Gasteiger partial charge on any atom is -0.493 e. The predicted octanol–water partition coefficient (Wildman–Crippen LogP) is 3.15. The van der Waals surface area contributed by atoms with Crippen LogP contribution in [0, 0.1) is 17.8 Å². The van der Waals surface area contributed by atoms with Crippen molar-refractivity contribution in [3.63, 3.8) is 0 Å². The molecular weight excluding hydrogens is 356 g/mol. The molecule has 6 nitrogen and oxygen atoms in total. The lowest BCUT2D eigenvalue weighted by Gasteiger charge is -2.37. The molecule has 0 aliphatic heterocycles. The molecule has 0 spiro atoms. The summed E-state index contributed by atoms with van der Waals surface area (Å²) in [6.07, 6.45) is 6.72. The fourth-order valence-corrected chi connectivity index (χ4v) is 3.83. The molecule has 3 unspecified atom stereocenters. The summed E-state index contributed by atoms with van der Waals surface area (Å²) in [7, 11) is 1.52. The van der Waals surface area contributed by atoms with E-state index in [-0.39, 0.29) is 18.6 Å². The third kappa shape index (κ3) is 6.29. The van der Waals surface area contributed by atoms with Gasteiger partial charge < -0.3 is 20.5 Å². The second-order valence-electron chi connectivity index (χ2n) is 7.94. The van der Waals surface area contributed by atoms with E-state index in [1.165, 1.54) is 13.5 Å². The fraction of sp³-hybridized carbons (Fsp3) is 0.545. The van der Waals surface area contributed by atoms with Crippen molar-refractivity contribution in [2.75, 3.05) is 13.7 Å². The number of ether oxygens (including phenoxy) is 2. The summed E-state index contributed by atoms with van der Waals surface area (Å²) >= 11 is 0. The molecule has 6 heteroatoms. The van der Waals surface area contributed by atoms with Gasteiger partial charge >= 0.3 is 0 Å². The number of nitrogens with two attached hydrogens (primary N) is 1. The maximum absolute atomic E-state index is 12.5. The highest BCUT2D eigenvalue weighted by molar-refractivity contribution is 5.92. The first-order chi connectivity index (χ1) is 13.3. The van der Waals surface area contributed by atoms with Gasteiger partial charge in [-0.15, -0.1) is 0 Å². The molecule has 3 atom stereocenters. The molecule has 0 heterocycles. The first-order valence-corrected chi connectivity index (χ1v) is 9.87. The average Bonchev–Trinajstić information content (AvgIpc) is 2.64. The van der Waals surface area contributed by atoms with E-state index in [4.69, 9.17) is 15.2 Å². The van der Waals surface area contributed by atoms with Gasteiger partial charge in [0, 0.05) is 12.1 Å². The largest absolute Gasteiger partial charge is 0.493 e. The van der Waals surface area contributed by atoms with Crippen LogP contribution in [0.25, 0.3) is 6.08 Å². The highest BCUT2D eigenvalue weighted by Crippen LogP contribution is 2.33. The van der Waals surface area contributed by atoms with Crippen LogP contribution in [-0.2, 0) is 9.59 Å². The number of carbonyl (C=O) groups is 2. The summed E-state index contributed by atoms with van der Waals surface area (Å²) in [6, 6.07) is 5.46. The SMILES string of the molecule is COc1cc(/C=C/C(=O)NC2CC(C)CCC2C(C)C)ccc1OCC(N)=O. The minimum absolute atomic E-state index is 0.0854. The van der Waals surface area contributed by atoms with Crippen molar-refractivity contribution in [1.82, 2.24) is 5.32 Å². The van der Waals surface area contributed by atoms with Gasteiger partial charge in [0.1, 0.15) is 0 Å². The van der Waals surface area contributed by atoms with E-state index in [0.29, 0.717) is 29.3 Å². The summed E-state index contributed by atoms with van der Waals surface area (Å²) in [5.74, 6) is 1.98. The molecular formula is C22H32N2O4. The quantitative estimate of drug-likeness (QED) is 0.669. The zero-order chi connectivity index (χ0) is 20.7. The summed E-state index contributed by atoms with van der Waals surface area (Å²) in [6.45, 7) is 6.48. The molecule has 1 aliphatic rings. The van der Waals surface area contributed by atoms with E-state index in [1.54, 1.807) is 30.4 Å². The molecule has 2 rings (SSSR count). The van der Waals surface area contributed by atoms with Gasteiger partial charge in [0.15, 0.2) is 18.1 Å². The van der Waals surface area contributed by atoms with E-state index in [9.17, 15) is 9.59 Å². The van der Waals surface area contributed by atoms with E-state index >= 15 is 0 Å². The van der Waals surface area contributed by atoms with Gasteiger partial charge in [-0.3, -0.25) is 9.59 Å². The lowest BCUT2D eigenvalue weighted by Crippen LogP contribution is -2.45. The van der Waals surface area contributed by atoms with E-state index in [2.05, 4.69) is 26.1 Å². The summed E-state index contributed by atoms with van der Waals surface area (Å²) < 4.78 is 10.6. The molecule has 1 saturated carbocycles. The standard InChI is InChI=1S/C22H32N2O4/c1-14(2)17-8-5-15(3)11-18(17)24-22(26)10-7-16-6-9-19(20(12-16)27-4)28-13-21(23)25/h6-7,9-10,12,14-15,17-18H,5,8,11,13H2,1-4H3,(H2,23,25)(H,24,26)/b10-7+. The number of methoxy groups -OCH3 is 1. The molecule has 0 radical (unpaired) electrons. The van der Waals surface area contributed by atoms with Crippen LogP contribution >= 0.6 is 0 Å². The molecule has 0 aromatic heterocycles. The number of amides is 2. The zero-order valence-corrected chi connectivity index (χ0v) is 17.2. The number of rotatable bonds is 8. The Morgan fingerprint density at radius 3 is 2.68 bits per heavy atom. The van der Waals surface area contributed by atoms with Crippen LogP contribution in [0.1, 0.15) is 45.6 Å². The minimum atomic E-state index is -0.556. The fourth-order valence-electron chi connectivity index (χ4n) is 3.83. The molecule has 154 valence electrons. The molecule has 1 aromatic rings. The molecule has 1 fully saturated rings. The van der Waals surface area contributed by atoms with Gasteiger partial charge in [-0.2, -0.15) is 0 Å². The van der Waals surface area contributed by atoms with Crippen molar-refractivity contribution in [3.05, 3.63) is 29.8 Å². The molecule has 1 aliphatic carbocycles. The number of benzene rings is 1. The Labute approximate surface area is 167 Å². The smallest absolute Gasteiger partial charge is 0.255 e. The number of nitrogens with one attached hydrogen (secondary N) is 1. The molecule has 0 saturated heterocycles. The van der Waals surface area contributed by atoms with Crippen molar-refractivity contribution < 1.29 is 19.1 Å². The Balaban J connectivity index is 2.01. The first kappa shape index (κ1) is 21.8. The van der Waals surface area contributed by atoms with Crippen LogP contribution in [-0.4, -0.2) is 31.6 Å². The average molecular weight is 389 g/mol. The second kappa shape index (κ2) is 10.2. The van der Waals surface area contributed by atoms with Gasteiger partial charge in [-0.25, -0.2) is 0 Å². The highest BCUT2D eigenvalue weighted by Gasteiger charge is 2.31. The number of hydrogen-bond acceptors (Lipinski definition) is 4. The van der Waals surface area contributed by atoms with E-state index < -0.39 is 5.91 Å². The van der Waals surface area contributed by atoms with Crippen LogP contribution in [0.2, 0.25) is 0 Å².